The number of hydrogen-bond donors (Lipinski definition) is 3. The lowest BCUT2D eigenvalue weighted by molar-refractivity contribution is -0.118. The molecule has 0 atom stereocenters. The maximum atomic E-state index is 12.9. The van der Waals surface area contributed by atoms with Crippen molar-refractivity contribution < 1.29 is 23.9 Å². The number of carbonyl (C=O) groups is 3. The van der Waals surface area contributed by atoms with E-state index in [1.807, 2.05) is 41.3 Å². The largest absolute Gasteiger partial charge is 0.495 e. The zero-order valence-electron chi connectivity index (χ0n) is 20.9. The van der Waals surface area contributed by atoms with Crippen LogP contribution in [0.5, 0.6) is 5.75 Å². The van der Waals surface area contributed by atoms with Gasteiger partial charge in [-0.3, -0.25) is 19.3 Å². The van der Waals surface area contributed by atoms with Crippen molar-refractivity contribution in [2.24, 2.45) is 0 Å². The van der Waals surface area contributed by atoms with Gasteiger partial charge in [-0.05, 0) is 53.6 Å². The van der Waals surface area contributed by atoms with E-state index >= 15 is 0 Å². The average molecular weight is 503 g/mol. The Morgan fingerprint density at radius 3 is 2.08 bits per heavy atom. The van der Waals surface area contributed by atoms with Gasteiger partial charge in [0.2, 0.25) is 11.8 Å². The number of benzene rings is 3. The third-order valence-corrected chi connectivity index (χ3v) is 5.89. The number of rotatable bonds is 8. The van der Waals surface area contributed by atoms with Crippen molar-refractivity contribution in [2.45, 2.75) is 6.92 Å². The summed E-state index contributed by atoms with van der Waals surface area (Å²) in [6.45, 7) is 4.37. The molecule has 9 nitrogen and oxygen atoms in total. The van der Waals surface area contributed by atoms with Crippen LogP contribution >= 0.6 is 0 Å². The van der Waals surface area contributed by atoms with E-state index in [0.717, 1.165) is 16.8 Å². The Bertz CT molecular complexity index is 1250. The lowest BCUT2D eigenvalue weighted by Crippen LogP contribution is -2.41. The summed E-state index contributed by atoms with van der Waals surface area (Å²) in [5.74, 6) is -0.0580. The first-order chi connectivity index (χ1) is 17.9. The molecule has 4 rings (SSSR count). The monoisotopic (exact) mass is 502 g/mol. The summed E-state index contributed by atoms with van der Waals surface area (Å²) in [4.78, 5) is 38.7. The van der Waals surface area contributed by atoms with Gasteiger partial charge in [0.1, 0.15) is 5.75 Å². The highest BCUT2D eigenvalue weighted by Gasteiger charge is 2.16. The zero-order valence-corrected chi connectivity index (χ0v) is 20.9. The molecule has 1 aliphatic heterocycles. The van der Waals surface area contributed by atoms with E-state index in [9.17, 15) is 14.4 Å². The van der Waals surface area contributed by atoms with Crippen LogP contribution < -0.4 is 20.7 Å². The molecule has 192 valence electrons. The summed E-state index contributed by atoms with van der Waals surface area (Å²) < 4.78 is 10.7. The van der Waals surface area contributed by atoms with E-state index in [0.29, 0.717) is 49.0 Å². The van der Waals surface area contributed by atoms with E-state index in [4.69, 9.17) is 9.47 Å². The van der Waals surface area contributed by atoms with Gasteiger partial charge in [-0.1, -0.05) is 24.3 Å². The average Bonchev–Trinajstić information content (AvgIpc) is 2.89. The third kappa shape index (κ3) is 7.16. The molecule has 3 aromatic carbocycles. The molecule has 0 bridgehead atoms. The lowest BCUT2D eigenvalue weighted by atomic mass is 10.0. The summed E-state index contributed by atoms with van der Waals surface area (Å²) in [7, 11) is 1.53. The molecule has 37 heavy (non-hydrogen) atoms. The molecule has 0 radical (unpaired) electrons. The highest BCUT2D eigenvalue weighted by Crippen LogP contribution is 2.28. The zero-order chi connectivity index (χ0) is 26.2. The SMILES string of the molecule is COc1ccc(NC(=O)c2ccc(-c3ccc(NC(C)=O)cc3)cc2)cc1NC(=O)CN1CCOCC1. The Morgan fingerprint density at radius 2 is 1.46 bits per heavy atom. The number of ether oxygens (including phenoxy) is 2. The Kier molecular flexibility index (Phi) is 8.50. The van der Waals surface area contributed by atoms with Crippen LogP contribution in [-0.4, -0.2) is 62.6 Å². The third-order valence-electron chi connectivity index (χ3n) is 5.89. The second-order valence-corrected chi connectivity index (χ2v) is 8.64. The summed E-state index contributed by atoms with van der Waals surface area (Å²) >= 11 is 0. The number of carbonyl (C=O) groups excluding carboxylic acids is 3. The Labute approximate surface area is 215 Å². The standard InChI is InChI=1S/C28H30N4O5/c1-19(33)29-23-9-7-21(8-10-23)20-3-5-22(6-4-20)28(35)30-24-11-12-26(36-2)25(17-24)31-27(34)18-32-13-15-37-16-14-32/h3-12,17H,13-16,18H2,1-2H3,(H,29,33)(H,30,35)(H,31,34). The molecule has 9 heteroatoms. The van der Waals surface area contributed by atoms with E-state index < -0.39 is 0 Å². The van der Waals surface area contributed by atoms with Crippen molar-refractivity contribution in [2.75, 3.05) is 55.9 Å². The van der Waals surface area contributed by atoms with Gasteiger partial charge in [0, 0.05) is 37.0 Å². The molecule has 0 unspecified atom stereocenters. The van der Waals surface area contributed by atoms with E-state index in [-0.39, 0.29) is 24.3 Å². The van der Waals surface area contributed by atoms with Gasteiger partial charge in [-0.25, -0.2) is 0 Å². The molecular formula is C28H30N4O5. The van der Waals surface area contributed by atoms with Crippen molar-refractivity contribution in [3.63, 3.8) is 0 Å². The summed E-state index contributed by atoms with van der Waals surface area (Å²) in [5.41, 5.74) is 4.15. The molecule has 0 spiro atoms. The maximum Gasteiger partial charge on any atom is 0.255 e. The van der Waals surface area contributed by atoms with Crippen LogP contribution in [0.1, 0.15) is 17.3 Å². The smallest absolute Gasteiger partial charge is 0.255 e. The maximum absolute atomic E-state index is 12.9. The van der Waals surface area contributed by atoms with Gasteiger partial charge in [0.25, 0.3) is 5.91 Å². The van der Waals surface area contributed by atoms with Crippen LogP contribution in [0, 0.1) is 0 Å². The Morgan fingerprint density at radius 1 is 0.838 bits per heavy atom. The topological polar surface area (TPSA) is 109 Å². The van der Waals surface area contributed by atoms with Gasteiger partial charge in [-0.15, -0.1) is 0 Å². The molecule has 3 aromatic rings. The number of nitrogens with zero attached hydrogens (tertiary/aromatic N) is 1. The van der Waals surface area contributed by atoms with E-state index in [2.05, 4.69) is 16.0 Å². The number of amides is 3. The fourth-order valence-corrected chi connectivity index (χ4v) is 4.00. The number of methoxy groups -OCH3 is 1. The first-order valence-corrected chi connectivity index (χ1v) is 12.0. The van der Waals surface area contributed by atoms with Crippen LogP contribution in [0.25, 0.3) is 11.1 Å². The van der Waals surface area contributed by atoms with E-state index in [1.165, 1.54) is 14.0 Å². The number of anilines is 3. The first-order valence-electron chi connectivity index (χ1n) is 12.0. The highest BCUT2D eigenvalue weighted by atomic mass is 16.5. The molecule has 3 amide bonds. The second kappa shape index (κ2) is 12.2. The fraction of sp³-hybridized carbons (Fsp3) is 0.250. The highest BCUT2D eigenvalue weighted by molar-refractivity contribution is 6.05. The van der Waals surface area contributed by atoms with Gasteiger partial charge in [0.15, 0.2) is 0 Å². The second-order valence-electron chi connectivity index (χ2n) is 8.64. The molecule has 1 aliphatic rings. The summed E-state index contributed by atoms with van der Waals surface area (Å²) in [5, 5.41) is 8.50. The van der Waals surface area contributed by atoms with Crippen LogP contribution in [0.3, 0.4) is 0 Å². The molecule has 0 aliphatic carbocycles. The van der Waals surface area contributed by atoms with Gasteiger partial charge < -0.3 is 25.4 Å². The lowest BCUT2D eigenvalue weighted by Gasteiger charge is -2.26. The van der Waals surface area contributed by atoms with Crippen LogP contribution in [0.15, 0.2) is 66.7 Å². The minimum absolute atomic E-state index is 0.123. The number of hydrogen-bond acceptors (Lipinski definition) is 6. The minimum Gasteiger partial charge on any atom is -0.495 e. The van der Waals surface area contributed by atoms with Crippen molar-refractivity contribution in [3.05, 3.63) is 72.3 Å². The normalized spacial score (nSPS) is 13.5. The van der Waals surface area contributed by atoms with Crippen LogP contribution in [0.2, 0.25) is 0 Å². The first kappa shape index (κ1) is 25.9. The van der Waals surface area contributed by atoms with Crippen molar-refractivity contribution in [1.82, 2.24) is 4.90 Å². The van der Waals surface area contributed by atoms with Crippen molar-refractivity contribution in [1.29, 1.82) is 0 Å². The predicted octanol–water partition coefficient (Wildman–Crippen LogP) is 3.84. The van der Waals surface area contributed by atoms with Crippen LogP contribution in [0.4, 0.5) is 17.1 Å². The minimum atomic E-state index is -0.275. The number of morpholine rings is 1. The van der Waals surface area contributed by atoms with Crippen LogP contribution in [-0.2, 0) is 14.3 Å². The van der Waals surface area contributed by atoms with Crippen molar-refractivity contribution >= 4 is 34.8 Å². The van der Waals surface area contributed by atoms with Gasteiger partial charge >= 0.3 is 0 Å². The molecule has 0 saturated carbocycles. The molecule has 1 fully saturated rings. The van der Waals surface area contributed by atoms with Gasteiger partial charge in [-0.2, -0.15) is 0 Å². The van der Waals surface area contributed by atoms with Crippen molar-refractivity contribution in [3.8, 4) is 16.9 Å². The molecule has 0 aromatic heterocycles. The quantitative estimate of drug-likeness (QED) is 0.432. The molecule has 3 N–H and O–H groups in total. The molecular weight excluding hydrogens is 472 g/mol. The molecule has 1 saturated heterocycles. The predicted molar refractivity (Wildman–Crippen MR) is 143 cm³/mol. The summed E-state index contributed by atoms with van der Waals surface area (Å²) in [6.07, 6.45) is 0. The van der Waals surface area contributed by atoms with Gasteiger partial charge in [0.05, 0.1) is 32.6 Å². The Hall–Kier alpha value is -4.21. The van der Waals surface area contributed by atoms with E-state index in [1.54, 1.807) is 30.3 Å². The fourth-order valence-electron chi connectivity index (χ4n) is 4.00. The molecule has 1 heterocycles. The summed E-state index contributed by atoms with van der Waals surface area (Å²) in [6, 6.07) is 19.8. The Balaban J connectivity index is 1.40. The number of nitrogens with one attached hydrogen (secondary N) is 3.